The molecule has 2 fully saturated rings. The van der Waals surface area contributed by atoms with Crippen LogP contribution in [0, 0.1) is 24.0 Å². The fourth-order valence-electron chi connectivity index (χ4n) is 3.22. The maximum Gasteiger partial charge on any atom is 0.312 e. The lowest BCUT2D eigenvalue weighted by molar-refractivity contribution is -0.386. The van der Waals surface area contributed by atoms with E-state index in [0.29, 0.717) is 50.5 Å². The number of amides is 1. The van der Waals surface area contributed by atoms with Gasteiger partial charge in [-0.05, 0) is 13.8 Å². The molecular formula is C14H20N4O5. The van der Waals surface area contributed by atoms with Crippen LogP contribution in [0.2, 0.25) is 0 Å². The van der Waals surface area contributed by atoms with Crippen LogP contribution in [0.15, 0.2) is 0 Å². The number of aromatic nitrogens is 2. The molecule has 1 aromatic heterocycles. The fraction of sp³-hybridized carbons (Fsp3) is 0.714. The van der Waals surface area contributed by atoms with Crippen molar-refractivity contribution < 1.29 is 19.2 Å². The molecule has 0 N–H and O–H groups in total. The second-order valence-corrected chi connectivity index (χ2v) is 5.92. The zero-order valence-corrected chi connectivity index (χ0v) is 13.3. The van der Waals surface area contributed by atoms with Gasteiger partial charge >= 0.3 is 5.69 Å². The van der Waals surface area contributed by atoms with Crippen LogP contribution in [0.5, 0.6) is 0 Å². The Bertz CT molecular complexity index is 625. The van der Waals surface area contributed by atoms with Crippen molar-refractivity contribution in [3.63, 3.8) is 0 Å². The van der Waals surface area contributed by atoms with Gasteiger partial charge in [0.1, 0.15) is 17.9 Å². The van der Waals surface area contributed by atoms with Gasteiger partial charge in [0.2, 0.25) is 5.91 Å². The van der Waals surface area contributed by atoms with E-state index in [1.807, 2.05) is 0 Å². The van der Waals surface area contributed by atoms with Crippen molar-refractivity contribution in [2.24, 2.45) is 0 Å². The highest BCUT2D eigenvalue weighted by Crippen LogP contribution is 2.31. The summed E-state index contributed by atoms with van der Waals surface area (Å²) in [6.45, 7) is 5.50. The molecule has 1 amide bonds. The first-order valence-corrected chi connectivity index (χ1v) is 7.66. The van der Waals surface area contributed by atoms with Crippen molar-refractivity contribution in [2.45, 2.75) is 39.0 Å². The number of piperidine rings is 1. The van der Waals surface area contributed by atoms with Crippen LogP contribution in [0.1, 0.15) is 24.2 Å². The Kier molecular flexibility index (Phi) is 4.07. The highest BCUT2D eigenvalue weighted by molar-refractivity contribution is 5.76. The Morgan fingerprint density at radius 1 is 1.30 bits per heavy atom. The highest BCUT2D eigenvalue weighted by atomic mass is 16.7. The average Bonchev–Trinajstić information content (AvgIpc) is 3.05. The quantitative estimate of drug-likeness (QED) is 0.601. The third-order valence-corrected chi connectivity index (χ3v) is 4.50. The van der Waals surface area contributed by atoms with Gasteiger partial charge in [-0.1, -0.05) is 0 Å². The topological polar surface area (TPSA) is 99.7 Å². The molecule has 23 heavy (non-hydrogen) atoms. The molecule has 2 saturated heterocycles. The summed E-state index contributed by atoms with van der Waals surface area (Å²) in [5, 5.41) is 15.1. The van der Waals surface area contributed by atoms with Crippen molar-refractivity contribution in [1.82, 2.24) is 14.7 Å². The van der Waals surface area contributed by atoms with Gasteiger partial charge in [-0.3, -0.25) is 19.6 Å². The van der Waals surface area contributed by atoms with Crippen LogP contribution >= 0.6 is 0 Å². The molecular weight excluding hydrogens is 304 g/mol. The number of hydrogen-bond acceptors (Lipinski definition) is 6. The summed E-state index contributed by atoms with van der Waals surface area (Å²) < 4.78 is 12.7. The van der Waals surface area contributed by atoms with Crippen LogP contribution < -0.4 is 0 Å². The van der Waals surface area contributed by atoms with E-state index in [0.717, 1.165) is 0 Å². The van der Waals surface area contributed by atoms with E-state index >= 15 is 0 Å². The van der Waals surface area contributed by atoms with Gasteiger partial charge in [0.05, 0.1) is 18.1 Å². The number of hydrogen-bond donors (Lipinski definition) is 0. The summed E-state index contributed by atoms with van der Waals surface area (Å²) in [4.78, 5) is 24.7. The third-order valence-electron chi connectivity index (χ3n) is 4.50. The summed E-state index contributed by atoms with van der Waals surface area (Å²) in [7, 11) is 0. The number of ether oxygens (including phenoxy) is 2. The Morgan fingerprint density at radius 3 is 2.43 bits per heavy atom. The van der Waals surface area contributed by atoms with Gasteiger partial charge in [0, 0.05) is 25.9 Å². The number of nitro groups is 1. The van der Waals surface area contributed by atoms with Crippen molar-refractivity contribution in [1.29, 1.82) is 0 Å². The first-order chi connectivity index (χ1) is 10.9. The van der Waals surface area contributed by atoms with Gasteiger partial charge in [-0.2, -0.15) is 5.10 Å². The molecule has 0 radical (unpaired) electrons. The summed E-state index contributed by atoms with van der Waals surface area (Å²) >= 11 is 0. The molecule has 2 aliphatic heterocycles. The predicted octanol–water partition coefficient (Wildman–Crippen LogP) is 0.774. The molecule has 9 nitrogen and oxygen atoms in total. The van der Waals surface area contributed by atoms with E-state index in [-0.39, 0.29) is 18.1 Å². The van der Waals surface area contributed by atoms with Gasteiger partial charge in [0.25, 0.3) is 0 Å². The molecule has 0 aromatic carbocycles. The molecule has 0 aliphatic carbocycles. The number of nitrogens with zero attached hydrogens (tertiary/aromatic N) is 4. The van der Waals surface area contributed by atoms with E-state index in [4.69, 9.17) is 9.47 Å². The molecule has 0 saturated carbocycles. The molecule has 126 valence electrons. The summed E-state index contributed by atoms with van der Waals surface area (Å²) in [5.41, 5.74) is 0.700. The lowest BCUT2D eigenvalue weighted by Gasteiger charge is -2.37. The largest absolute Gasteiger partial charge is 0.347 e. The monoisotopic (exact) mass is 324 g/mol. The summed E-state index contributed by atoms with van der Waals surface area (Å²) in [6.07, 6.45) is 1.30. The van der Waals surface area contributed by atoms with Crippen molar-refractivity contribution in [3.05, 3.63) is 21.5 Å². The minimum Gasteiger partial charge on any atom is -0.347 e. The Morgan fingerprint density at radius 2 is 1.91 bits per heavy atom. The lowest BCUT2D eigenvalue weighted by Crippen LogP contribution is -2.48. The summed E-state index contributed by atoms with van der Waals surface area (Å²) in [5.74, 6) is -0.619. The molecule has 1 aromatic rings. The maximum absolute atomic E-state index is 12.4. The smallest absolute Gasteiger partial charge is 0.312 e. The van der Waals surface area contributed by atoms with Gasteiger partial charge in [0.15, 0.2) is 5.79 Å². The molecule has 0 atom stereocenters. The van der Waals surface area contributed by atoms with E-state index in [1.54, 1.807) is 18.7 Å². The van der Waals surface area contributed by atoms with Crippen molar-refractivity contribution >= 4 is 11.6 Å². The molecule has 9 heteroatoms. The van der Waals surface area contributed by atoms with E-state index in [1.165, 1.54) is 4.68 Å². The minimum absolute atomic E-state index is 0.00915. The van der Waals surface area contributed by atoms with E-state index in [9.17, 15) is 14.9 Å². The van der Waals surface area contributed by atoms with Gasteiger partial charge < -0.3 is 14.4 Å². The normalized spacial score (nSPS) is 20.2. The second-order valence-electron chi connectivity index (χ2n) is 5.92. The zero-order valence-electron chi connectivity index (χ0n) is 13.3. The first kappa shape index (κ1) is 15.9. The van der Waals surface area contributed by atoms with Crippen molar-refractivity contribution in [3.8, 4) is 0 Å². The van der Waals surface area contributed by atoms with Crippen LogP contribution in [0.25, 0.3) is 0 Å². The number of rotatable bonds is 3. The number of likely N-dealkylation sites (tertiary alicyclic amines) is 1. The highest BCUT2D eigenvalue weighted by Gasteiger charge is 2.40. The zero-order chi connectivity index (χ0) is 16.6. The van der Waals surface area contributed by atoms with Crippen LogP contribution in [-0.2, 0) is 20.8 Å². The van der Waals surface area contributed by atoms with Crippen LogP contribution in [0.4, 0.5) is 5.69 Å². The molecule has 3 rings (SSSR count). The van der Waals surface area contributed by atoms with E-state index < -0.39 is 10.7 Å². The maximum atomic E-state index is 12.4. The molecule has 1 spiro atoms. The number of carbonyl (C=O) groups is 1. The van der Waals surface area contributed by atoms with Crippen LogP contribution in [0.3, 0.4) is 0 Å². The second kappa shape index (κ2) is 5.89. The Hall–Kier alpha value is -2.00. The first-order valence-electron chi connectivity index (χ1n) is 7.66. The number of aryl methyl sites for hydroxylation is 1. The predicted molar refractivity (Wildman–Crippen MR) is 78.8 cm³/mol. The third kappa shape index (κ3) is 2.93. The van der Waals surface area contributed by atoms with Gasteiger partial charge in [-0.15, -0.1) is 0 Å². The Labute approximate surface area is 133 Å². The standard InChI is InChI=1S/C14H20N4O5/c1-10-13(18(20)21)11(2)17(15-10)9-12(19)16-5-3-14(4-6-16)22-7-8-23-14/h3-9H2,1-2H3. The van der Waals surface area contributed by atoms with Crippen molar-refractivity contribution in [2.75, 3.05) is 26.3 Å². The molecule has 3 heterocycles. The molecule has 0 bridgehead atoms. The molecule has 0 unspecified atom stereocenters. The fourth-order valence-corrected chi connectivity index (χ4v) is 3.22. The van der Waals surface area contributed by atoms with E-state index in [2.05, 4.69) is 5.10 Å². The lowest BCUT2D eigenvalue weighted by atomic mass is 10.0. The number of carbonyl (C=O) groups excluding carboxylic acids is 1. The van der Waals surface area contributed by atoms with Gasteiger partial charge in [-0.25, -0.2) is 0 Å². The average molecular weight is 324 g/mol. The minimum atomic E-state index is -0.520. The molecule has 2 aliphatic rings. The summed E-state index contributed by atoms with van der Waals surface area (Å²) in [6, 6.07) is 0. The Balaban J connectivity index is 1.64. The SMILES string of the molecule is Cc1nn(CC(=O)N2CCC3(CC2)OCCO3)c(C)c1[N+](=O)[O-]. The van der Waals surface area contributed by atoms with Crippen LogP contribution in [-0.4, -0.2) is 57.6 Å².